The second-order valence-corrected chi connectivity index (χ2v) is 9.14. The number of nitrogens with zero attached hydrogens (tertiary/aromatic N) is 2. The first kappa shape index (κ1) is 21.2. The summed E-state index contributed by atoms with van der Waals surface area (Å²) in [6.45, 7) is 6.37. The Morgan fingerprint density at radius 2 is 2.00 bits per heavy atom. The lowest BCUT2D eigenvalue weighted by molar-refractivity contribution is -0.146. The third kappa shape index (κ3) is 4.55. The molecule has 0 bridgehead atoms. The largest absolute Gasteiger partial charge is 0.383 e. The van der Waals surface area contributed by atoms with Crippen LogP contribution in [0, 0.1) is 18.8 Å². The number of carbonyl (C=O) groups excluding carboxylic acids is 3. The van der Waals surface area contributed by atoms with Crippen molar-refractivity contribution in [3.8, 4) is 0 Å². The summed E-state index contributed by atoms with van der Waals surface area (Å²) in [5.41, 5.74) is 12.3. The van der Waals surface area contributed by atoms with Crippen molar-refractivity contribution in [1.29, 1.82) is 0 Å². The van der Waals surface area contributed by atoms with Gasteiger partial charge in [-0.15, -0.1) is 11.8 Å². The van der Waals surface area contributed by atoms with E-state index in [9.17, 15) is 14.4 Å². The number of likely N-dealkylation sites (tertiary alicyclic amines) is 1. The summed E-state index contributed by atoms with van der Waals surface area (Å²) in [6.07, 6.45) is 5.04. The van der Waals surface area contributed by atoms with Gasteiger partial charge in [0.25, 0.3) is 5.91 Å². The van der Waals surface area contributed by atoms with Gasteiger partial charge in [-0.1, -0.05) is 19.9 Å². The molecule has 1 aromatic rings. The highest BCUT2D eigenvalue weighted by Crippen LogP contribution is 2.42. The van der Waals surface area contributed by atoms with E-state index in [1.807, 2.05) is 13.0 Å². The van der Waals surface area contributed by atoms with Crippen LogP contribution in [0.5, 0.6) is 0 Å². The van der Waals surface area contributed by atoms with E-state index >= 15 is 0 Å². The molecule has 29 heavy (non-hydrogen) atoms. The van der Waals surface area contributed by atoms with Gasteiger partial charge in [0.2, 0.25) is 0 Å². The van der Waals surface area contributed by atoms with Crippen LogP contribution in [0.1, 0.15) is 32.3 Å². The number of carbonyl (C=O) groups is 3. The Hall–Kier alpha value is -2.55. The molecule has 1 saturated heterocycles. The summed E-state index contributed by atoms with van der Waals surface area (Å²) in [7, 11) is 0. The molecular formula is C20H27N5O3S. The fourth-order valence-electron chi connectivity index (χ4n) is 3.91. The second kappa shape index (κ2) is 8.44. The van der Waals surface area contributed by atoms with Crippen LogP contribution >= 0.6 is 11.8 Å². The van der Waals surface area contributed by atoms with Gasteiger partial charge < -0.3 is 21.7 Å². The number of thioether (sulfide) groups is 1. The monoisotopic (exact) mass is 417 g/mol. The van der Waals surface area contributed by atoms with E-state index in [1.54, 1.807) is 17.9 Å². The summed E-state index contributed by atoms with van der Waals surface area (Å²) < 4.78 is 0. The van der Waals surface area contributed by atoms with Gasteiger partial charge in [0.15, 0.2) is 0 Å². The van der Waals surface area contributed by atoms with Crippen LogP contribution in [0.3, 0.4) is 0 Å². The molecule has 0 spiro atoms. The van der Waals surface area contributed by atoms with Crippen molar-refractivity contribution in [3.63, 3.8) is 0 Å². The normalized spacial score (nSPS) is 26.7. The van der Waals surface area contributed by atoms with Crippen LogP contribution in [-0.2, 0) is 14.4 Å². The minimum absolute atomic E-state index is 0.00202. The Morgan fingerprint density at radius 1 is 1.28 bits per heavy atom. The number of hydrogen-bond donors (Lipinski definition) is 3. The highest BCUT2D eigenvalue weighted by Gasteiger charge is 2.42. The van der Waals surface area contributed by atoms with Crippen molar-refractivity contribution in [1.82, 2.24) is 9.88 Å². The third-order valence-electron chi connectivity index (χ3n) is 5.51. The number of rotatable bonds is 3. The smallest absolute Gasteiger partial charge is 0.313 e. The maximum Gasteiger partial charge on any atom is 0.313 e. The van der Waals surface area contributed by atoms with Crippen LogP contribution < -0.4 is 16.8 Å². The first-order valence-electron chi connectivity index (χ1n) is 9.69. The molecule has 0 radical (unpaired) electrons. The van der Waals surface area contributed by atoms with Crippen LogP contribution in [0.2, 0.25) is 0 Å². The standard InChI is InChI=1S/C20H27N5O3S/c1-10-4-5-14(16-11(2)7-15(29-16)18(22)26)25(9-10)20(28)19(27)24-13-6-12(3)17(21)23-8-13/h6-8,10-11,14,16H,4-5,9H2,1-3H3,(H2,21,23)(H2,22,26)(H,24,27)/t10-,11?,14+,16?/m1/s1. The van der Waals surface area contributed by atoms with Gasteiger partial charge in [-0.2, -0.15) is 0 Å². The number of nitrogens with two attached hydrogens (primary N) is 2. The lowest BCUT2D eigenvalue weighted by Gasteiger charge is -2.42. The summed E-state index contributed by atoms with van der Waals surface area (Å²) in [6, 6.07) is 1.55. The van der Waals surface area contributed by atoms with Gasteiger partial charge in [0, 0.05) is 17.8 Å². The number of pyridine rings is 1. The lowest BCUT2D eigenvalue weighted by atomic mass is 9.88. The molecule has 0 aromatic carbocycles. The van der Waals surface area contributed by atoms with E-state index in [4.69, 9.17) is 11.5 Å². The van der Waals surface area contributed by atoms with Crippen molar-refractivity contribution in [2.24, 2.45) is 17.6 Å². The molecule has 1 aromatic heterocycles. The molecule has 2 unspecified atom stereocenters. The Balaban J connectivity index is 1.76. The lowest BCUT2D eigenvalue weighted by Crippen LogP contribution is -2.54. The highest BCUT2D eigenvalue weighted by atomic mass is 32.2. The van der Waals surface area contributed by atoms with Crippen LogP contribution in [0.25, 0.3) is 0 Å². The molecule has 9 heteroatoms. The van der Waals surface area contributed by atoms with Crippen molar-refractivity contribution >= 4 is 41.0 Å². The first-order chi connectivity index (χ1) is 13.7. The van der Waals surface area contributed by atoms with Crippen molar-refractivity contribution in [3.05, 3.63) is 28.8 Å². The Labute approximate surface area is 174 Å². The molecule has 8 nitrogen and oxygen atoms in total. The zero-order chi connectivity index (χ0) is 21.3. The molecule has 3 heterocycles. The van der Waals surface area contributed by atoms with E-state index in [2.05, 4.69) is 17.2 Å². The molecule has 3 rings (SSSR count). The maximum atomic E-state index is 13.0. The number of nitrogen functional groups attached to an aromatic ring is 1. The minimum Gasteiger partial charge on any atom is -0.383 e. The molecule has 4 atom stereocenters. The summed E-state index contributed by atoms with van der Waals surface area (Å²) in [4.78, 5) is 43.5. The quantitative estimate of drug-likeness (QED) is 0.641. The molecular weight excluding hydrogens is 390 g/mol. The molecule has 3 amide bonds. The number of anilines is 2. The summed E-state index contributed by atoms with van der Waals surface area (Å²) >= 11 is 1.41. The topological polar surface area (TPSA) is 131 Å². The molecule has 5 N–H and O–H groups in total. The highest BCUT2D eigenvalue weighted by molar-refractivity contribution is 8.04. The van der Waals surface area contributed by atoms with E-state index in [0.29, 0.717) is 28.9 Å². The molecule has 0 aliphatic carbocycles. The van der Waals surface area contributed by atoms with Crippen molar-refractivity contribution in [2.75, 3.05) is 17.6 Å². The predicted octanol–water partition coefficient (Wildman–Crippen LogP) is 1.66. The average molecular weight is 418 g/mol. The number of piperidine rings is 1. The van der Waals surface area contributed by atoms with Gasteiger partial charge in [0.05, 0.1) is 16.8 Å². The predicted molar refractivity (Wildman–Crippen MR) is 114 cm³/mol. The zero-order valence-electron chi connectivity index (χ0n) is 16.8. The zero-order valence-corrected chi connectivity index (χ0v) is 17.7. The molecule has 2 aliphatic rings. The number of hydrogen-bond acceptors (Lipinski definition) is 6. The van der Waals surface area contributed by atoms with Crippen LogP contribution in [0.15, 0.2) is 23.2 Å². The van der Waals surface area contributed by atoms with Gasteiger partial charge in [0.1, 0.15) is 5.82 Å². The van der Waals surface area contributed by atoms with Crippen LogP contribution in [0.4, 0.5) is 11.5 Å². The first-order valence-corrected chi connectivity index (χ1v) is 10.6. The van der Waals surface area contributed by atoms with Gasteiger partial charge in [-0.3, -0.25) is 14.4 Å². The van der Waals surface area contributed by atoms with Gasteiger partial charge >= 0.3 is 11.8 Å². The molecule has 0 saturated carbocycles. The fraction of sp³-hybridized carbons (Fsp3) is 0.500. The number of amides is 3. The molecule has 1 fully saturated rings. The van der Waals surface area contributed by atoms with Crippen molar-refractivity contribution < 1.29 is 14.4 Å². The van der Waals surface area contributed by atoms with Crippen LogP contribution in [-0.4, -0.2) is 45.4 Å². The van der Waals surface area contributed by atoms with E-state index in [1.165, 1.54) is 18.0 Å². The summed E-state index contributed by atoms with van der Waals surface area (Å²) in [5.74, 6) is -0.957. The minimum atomic E-state index is -0.700. The Bertz CT molecular complexity index is 872. The number of aromatic nitrogens is 1. The number of aryl methyl sites for hydroxylation is 1. The average Bonchev–Trinajstić information content (AvgIpc) is 3.06. The van der Waals surface area contributed by atoms with Gasteiger partial charge in [-0.05, 0) is 43.2 Å². The Kier molecular flexibility index (Phi) is 6.16. The molecule has 2 aliphatic heterocycles. The summed E-state index contributed by atoms with van der Waals surface area (Å²) in [5, 5.41) is 2.63. The fourth-order valence-corrected chi connectivity index (χ4v) is 5.35. The Morgan fingerprint density at radius 3 is 2.62 bits per heavy atom. The number of allylic oxidation sites excluding steroid dienone is 1. The van der Waals surface area contributed by atoms with Crippen molar-refractivity contribution in [2.45, 2.75) is 44.9 Å². The number of primary amides is 1. The third-order valence-corrected chi connectivity index (χ3v) is 7.12. The van der Waals surface area contributed by atoms with E-state index in [-0.39, 0.29) is 17.2 Å². The van der Waals surface area contributed by atoms with E-state index in [0.717, 1.165) is 18.4 Å². The SMILES string of the molecule is Cc1cc(NC(=O)C(=O)N2C[C@H](C)CC[C@H]2C2SC(C(N)=O)=CC2C)cnc1N. The number of nitrogens with one attached hydrogen (secondary N) is 1. The molecule has 156 valence electrons. The maximum absolute atomic E-state index is 13.0. The van der Waals surface area contributed by atoms with E-state index < -0.39 is 17.7 Å². The second-order valence-electron chi connectivity index (χ2n) is 7.92. The van der Waals surface area contributed by atoms with Gasteiger partial charge in [-0.25, -0.2) is 4.98 Å².